The van der Waals surface area contributed by atoms with Crippen molar-refractivity contribution in [2.24, 2.45) is 10.8 Å². The lowest BCUT2D eigenvalue weighted by Crippen LogP contribution is -2.59. The summed E-state index contributed by atoms with van der Waals surface area (Å²) in [6, 6.07) is 23.6. The van der Waals surface area contributed by atoms with Crippen LogP contribution in [0.15, 0.2) is 97.3 Å². The third-order valence-electron chi connectivity index (χ3n) is 10.8. The maximum absolute atomic E-state index is 14.6. The third kappa shape index (κ3) is 12.4. The molecule has 13 heteroatoms. The number of aromatic nitrogens is 2. The Hall–Kier alpha value is -5.82. The number of carbonyl (C=O) groups excluding carboxylic acids is 4. The second-order valence-electron chi connectivity index (χ2n) is 17.8. The van der Waals surface area contributed by atoms with Crippen LogP contribution in [0.5, 0.6) is 0 Å². The van der Waals surface area contributed by atoms with Gasteiger partial charge in [0.1, 0.15) is 12.1 Å². The summed E-state index contributed by atoms with van der Waals surface area (Å²) >= 11 is 0. The minimum absolute atomic E-state index is 0.0694. The molecule has 3 heterocycles. The zero-order valence-electron chi connectivity index (χ0n) is 36.1. The Balaban J connectivity index is 1.42. The van der Waals surface area contributed by atoms with Gasteiger partial charge in [0, 0.05) is 37.2 Å². The van der Waals surface area contributed by atoms with E-state index in [4.69, 9.17) is 4.74 Å². The lowest BCUT2D eigenvalue weighted by Gasteiger charge is -2.38. The van der Waals surface area contributed by atoms with E-state index in [1.807, 2.05) is 133 Å². The molecule has 1 saturated heterocycles. The number of nitrogens with one attached hydrogen (secondary N) is 3. The van der Waals surface area contributed by atoms with Gasteiger partial charge in [0.2, 0.25) is 11.8 Å². The van der Waals surface area contributed by atoms with Crippen molar-refractivity contribution in [3.8, 4) is 11.1 Å². The van der Waals surface area contributed by atoms with Crippen LogP contribution < -0.4 is 16.0 Å². The number of amides is 5. The molecule has 2 aromatic heterocycles. The smallest absolute Gasteiger partial charge is 0.407 e. The fraction of sp³-hybridized carbons (Fsp3) is 0.447. The number of alkyl carbamates (subject to hydrolysis) is 1. The summed E-state index contributed by atoms with van der Waals surface area (Å²) in [7, 11) is 1.23. The first-order valence-electron chi connectivity index (χ1n) is 20.6. The fourth-order valence-electron chi connectivity index (χ4n) is 7.72. The first-order valence-corrected chi connectivity index (χ1v) is 20.6. The number of hydrogen-bond donors (Lipinski definition) is 4. The number of hydrogen-bond acceptors (Lipinski definition) is 8. The molecule has 1 aliphatic rings. The first-order chi connectivity index (χ1) is 28.4. The van der Waals surface area contributed by atoms with Gasteiger partial charge in [-0.25, -0.2) is 9.59 Å². The van der Waals surface area contributed by atoms with E-state index < -0.39 is 53.1 Å². The molecule has 13 nitrogen and oxygen atoms in total. The van der Waals surface area contributed by atoms with Crippen molar-refractivity contribution in [2.75, 3.05) is 20.2 Å². The van der Waals surface area contributed by atoms with Crippen LogP contribution in [0.2, 0.25) is 0 Å². The van der Waals surface area contributed by atoms with Gasteiger partial charge in [0.15, 0.2) is 0 Å². The molecule has 2 aromatic carbocycles. The van der Waals surface area contributed by atoms with Crippen LogP contribution in [0, 0.1) is 17.8 Å². The maximum Gasteiger partial charge on any atom is 0.407 e. The number of rotatable bonds is 16. The Bertz CT molecular complexity index is 2050. The zero-order chi connectivity index (χ0) is 43.6. The molecule has 320 valence electrons. The number of pyridine rings is 2. The number of benzene rings is 2. The van der Waals surface area contributed by atoms with Gasteiger partial charge < -0.3 is 35.6 Å². The summed E-state index contributed by atoms with van der Waals surface area (Å²) in [5, 5.41) is 21.2. The lowest BCUT2D eigenvalue weighted by atomic mass is 9.84. The van der Waals surface area contributed by atoms with Crippen molar-refractivity contribution < 1.29 is 29.0 Å². The van der Waals surface area contributed by atoms with Crippen molar-refractivity contribution in [3.05, 3.63) is 120 Å². The molecule has 0 saturated carbocycles. The number of aliphatic hydroxyl groups is 1. The molecule has 0 spiro atoms. The van der Waals surface area contributed by atoms with E-state index in [-0.39, 0.29) is 24.8 Å². The Morgan fingerprint density at radius 3 is 2.10 bits per heavy atom. The minimum atomic E-state index is -1.15. The summed E-state index contributed by atoms with van der Waals surface area (Å²) in [6.07, 6.45) is 2.30. The van der Waals surface area contributed by atoms with E-state index in [9.17, 15) is 24.3 Å². The average molecular weight is 820 g/mol. The number of methoxy groups -OCH3 is 1. The second-order valence-corrected chi connectivity index (χ2v) is 17.8. The molecule has 4 N–H and O–H groups in total. The predicted molar refractivity (Wildman–Crippen MR) is 232 cm³/mol. The quantitative estimate of drug-likeness (QED) is 0.106. The number of ether oxygens (including phenoxy) is 1. The molecule has 4 aromatic rings. The van der Waals surface area contributed by atoms with Crippen molar-refractivity contribution in [3.63, 3.8) is 0 Å². The van der Waals surface area contributed by atoms with Crippen LogP contribution in [0.4, 0.5) is 9.59 Å². The maximum atomic E-state index is 14.6. The summed E-state index contributed by atoms with van der Waals surface area (Å²) in [6.45, 7) is 14.4. The number of carbonyl (C=O) groups is 4. The molecule has 5 amide bonds. The van der Waals surface area contributed by atoms with Gasteiger partial charge in [-0.3, -0.25) is 19.6 Å². The first kappa shape index (κ1) is 45.3. The highest BCUT2D eigenvalue weighted by Crippen LogP contribution is 2.29. The van der Waals surface area contributed by atoms with Gasteiger partial charge >= 0.3 is 12.1 Å². The fourth-order valence-corrected chi connectivity index (χ4v) is 7.72. The van der Waals surface area contributed by atoms with Gasteiger partial charge in [0.05, 0.1) is 31.5 Å². The van der Waals surface area contributed by atoms with Crippen LogP contribution in [0.25, 0.3) is 11.1 Å². The number of aryl methyl sites for hydroxylation is 1. The largest absolute Gasteiger partial charge is 0.453 e. The standard InChI is InChI=1S/C47H61N7O6/c1-31-14-12-18-36(49-31)30-53-24-25-54(45(53)59)41(47(5,6)7)43(57)50-37(26-32-15-10-9-11-16-32)28-39(55)38(51-42(56)40(46(2,3)4)52-44(58)60-8)27-33-19-21-34(22-20-33)35-17-13-23-48-29-35/h9-23,29,37-41,55H,24-28,30H2,1-8H3,(H,50,57)(H,51,56)(H,52,58)/t37-,38-,39-,40+,41+/m0/s1. The molecule has 60 heavy (non-hydrogen) atoms. The van der Waals surface area contributed by atoms with Gasteiger partial charge in [-0.05, 0) is 77.5 Å². The summed E-state index contributed by atoms with van der Waals surface area (Å²) in [4.78, 5) is 67.1. The molecule has 5 atom stereocenters. The second kappa shape index (κ2) is 20.0. The molecular weight excluding hydrogens is 759 g/mol. The van der Waals surface area contributed by atoms with Crippen LogP contribution in [-0.4, -0.2) is 99.3 Å². The number of aliphatic hydroxyl groups excluding tert-OH is 1. The summed E-state index contributed by atoms with van der Waals surface area (Å²) in [5.41, 5.74) is 4.02. The van der Waals surface area contributed by atoms with Gasteiger partial charge in [0.25, 0.3) is 0 Å². The molecule has 1 fully saturated rings. The lowest BCUT2D eigenvalue weighted by molar-refractivity contribution is -0.130. The Kier molecular flexibility index (Phi) is 15.1. The van der Waals surface area contributed by atoms with Crippen molar-refractivity contribution in [1.82, 2.24) is 35.7 Å². The van der Waals surface area contributed by atoms with Crippen LogP contribution in [-0.2, 0) is 33.7 Å². The van der Waals surface area contributed by atoms with E-state index in [1.165, 1.54) is 7.11 Å². The topological polar surface area (TPSA) is 166 Å². The number of nitrogens with zero attached hydrogens (tertiary/aromatic N) is 4. The Morgan fingerprint density at radius 2 is 1.48 bits per heavy atom. The number of urea groups is 1. The highest BCUT2D eigenvalue weighted by Gasteiger charge is 2.44. The molecular formula is C47H61N7O6. The molecule has 0 radical (unpaired) electrons. The monoisotopic (exact) mass is 819 g/mol. The van der Waals surface area contributed by atoms with E-state index >= 15 is 0 Å². The average Bonchev–Trinajstić information content (AvgIpc) is 3.54. The zero-order valence-corrected chi connectivity index (χ0v) is 36.1. The van der Waals surface area contributed by atoms with E-state index in [1.54, 1.807) is 22.2 Å². The summed E-state index contributed by atoms with van der Waals surface area (Å²) < 4.78 is 4.84. The highest BCUT2D eigenvalue weighted by atomic mass is 16.5. The van der Waals surface area contributed by atoms with E-state index in [0.717, 1.165) is 33.6 Å². The SMILES string of the molecule is COC(=O)N[C@H](C(=O)N[C@@H](Cc1ccc(-c2cccnc2)cc1)[C@@H](O)C[C@H](Cc1ccccc1)NC(=O)[C@@H](N1CCN(Cc2cccc(C)n2)C1=O)C(C)(C)C)C(C)(C)C. The highest BCUT2D eigenvalue weighted by molar-refractivity contribution is 5.89. The third-order valence-corrected chi connectivity index (χ3v) is 10.8. The summed E-state index contributed by atoms with van der Waals surface area (Å²) in [5.74, 6) is -0.820. The van der Waals surface area contributed by atoms with Crippen LogP contribution in [0.3, 0.4) is 0 Å². The predicted octanol–water partition coefficient (Wildman–Crippen LogP) is 6.08. The van der Waals surface area contributed by atoms with E-state index in [2.05, 4.69) is 25.9 Å². The molecule has 1 aliphatic heterocycles. The van der Waals surface area contributed by atoms with Crippen LogP contribution >= 0.6 is 0 Å². The Morgan fingerprint density at radius 1 is 0.783 bits per heavy atom. The Labute approximate surface area is 354 Å². The van der Waals surface area contributed by atoms with Crippen molar-refractivity contribution in [1.29, 1.82) is 0 Å². The van der Waals surface area contributed by atoms with E-state index in [0.29, 0.717) is 26.1 Å². The van der Waals surface area contributed by atoms with Crippen molar-refractivity contribution in [2.45, 2.75) is 105 Å². The van der Waals surface area contributed by atoms with Gasteiger partial charge in [-0.15, -0.1) is 0 Å². The van der Waals surface area contributed by atoms with Gasteiger partial charge in [-0.1, -0.05) is 108 Å². The van der Waals surface area contributed by atoms with Crippen LogP contribution in [0.1, 0.15) is 70.5 Å². The van der Waals surface area contributed by atoms with Crippen molar-refractivity contribution >= 4 is 23.9 Å². The molecule has 0 unspecified atom stereocenters. The van der Waals surface area contributed by atoms with Gasteiger partial charge in [-0.2, -0.15) is 0 Å². The molecule has 0 bridgehead atoms. The minimum Gasteiger partial charge on any atom is -0.453 e. The normalized spacial score (nSPS) is 15.7. The molecule has 0 aliphatic carbocycles. The molecule has 5 rings (SSSR count).